The molecule has 0 radical (unpaired) electrons. The first-order chi connectivity index (χ1) is 41.0. The monoisotopic (exact) mass is 1140 g/mol. The molecule has 468 valence electrons. The molecule has 1 atom stereocenters. The van der Waals surface area contributed by atoms with Gasteiger partial charge < -0.3 is 14.2 Å². The quantitative estimate of drug-likeness (QED) is 0.0261. The lowest BCUT2D eigenvalue weighted by Crippen LogP contribution is -2.30. The Kier molecular flexibility index (Phi) is 65.4. The summed E-state index contributed by atoms with van der Waals surface area (Å²) in [7, 11) is 0. The molecule has 0 rings (SSSR count). The van der Waals surface area contributed by atoms with Gasteiger partial charge in [-0.05, 0) is 128 Å². The van der Waals surface area contributed by atoms with Crippen molar-refractivity contribution >= 4 is 17.9 Å². The van der Waals surface area contributed by atoms with Crippen LogP contribution < -0.4 is 0 Å². The van der Waals surface area contributed by atoms with Crippen molar-refractivity contribution in [3.8, 4) is 0 Å². The van der Waals surface area contributed by atoms with Gasteiger partial charge in [0.2, 0.25) is 0 Å². The number of unbranched alkanes of at least 4 members (excludes halogenated alkanes) is 24. The summed E-state index contributed by atoms with van der Waals surface area (Å²) < 4.78 is 16.8. The van der Waals surface area contributed by atoms with Crippen LogP contribution in [0.3, 0.4) is 0 Å². The molecule has 0 fully saturated rings. The molecule has 0 heterocycles. The molecule has 83 heavy (non-hydrogen) atoms. The Bertz CT molecular complexity index is 1840. The van der Waals surface area contributed by atoms with Crippen LogP contribution >= 0.6 is 0 Å². The highest BCUT2D eigenvalue weighted by Gasteiger charge is 2.19. The minimum absolute atomic E-state index is 0.117. The zero-order valence-corrected chi connectivity index (χ0v) is 53.7. The molecular weight excluding hydrogens is 1020 g/mol. The molecule has 0 N–H and O–H groups in total. The van der Waals surface area contributed by atoms with Gasteiger partial charge in [-0.15, -0.1) is 0 Å². The summed E-state index contributed by atoms with van der Waals surface area (Å²) in [5.74, 6) is -1.06. The molecule has 0 bridgehead atoms. The summed E-state index contributed by atoms with van der Waals surface area (Å²) in [4.78, 5) is 38.3. The lowest BCUT2D eigenvalue weighted by atomic mass is 10.1. The topological polar surface area (TPSA) is 78.9 Å². The smallest absolute Gasteiger partial charge is 0.309 e. The Morgan fingerprint density at radius 2 is 0.518 bits per heavy atom. The molecule has 0 aliphatic heterocycles. The summed E-state index contributed by atoms with van der Waals surface area (Å²) in [5.41, 5.74) is 0. The molecule has 6 heteroatoms. The second-order valence-electron chi connectivity index (χ2n) is 22.0. The van der Waals surface area contributed by atoms with E-state index < -0.39 is 12.1 Å². The number of hydrogen-bond donors (Lipinski definition) is 0. The van der Waals surface area contributed by atoms with Crippen LogP contribution in [-0.2, 0) is 28.6 Å². The van der Waals surface area contributed by atoms with Crippen LogP contribution in [-0.4, -0.2) is 37.2 Å². The van der Waals surface area contributed by atoms with E-state index in [1.165, 1.54) is 128 Å². The average molecular weight is 1150 g/mol. The predicted octanol–water partition coefficient (Wildman–Crippen LogP) is 23.7. The van der Waals surface area contributed by atoms with Crippen LogP contribution in [0.2, 0.25) is 0 Å². The summed E-state index contributed by atoms with van der Waals surface area (Å²) in [6, 6.07) is 0. The Balaban J connectivity index is 4.42. The van der Waals surface area contributed by atoms with Gasteiger partial charge in [-0.25, -0.2) is 0 Å². The van der Waals surface area contributed by atoms with Gasteiger partial charge in [-0.1, -0.05) is 301 Å². The first kappa shape index (κ1) is 78.0. The van der Waals surface area contributed by atoms with E-state index >= 15 is 0 Å². The van der Waals surface area contributed by atoms with Crippen molar-refractivity contribution < 1.29 is 28.6 Å². The lowest BCUT2D eigenvalue weighted by Gasteiger charge is -2.18. The van der Waals surface area contributed by atoms with Gasteiger partial charge in [0.05, 0.1) is 6.42 Å². The van der Waals surface area contributed by atoms with Gasteiger partial charge in [-0.3, -0.25) is 14.4 Å². The Morgan fingerprint density at radius 1 is 0.265 bits per heavy atom. The number of carbonyl (C=O) groups excluding carboxylic acids is 3. The maximum absolute atomic E-state index is 12.9. The maximum atomic E-state index is 12.9. The third-order valence-corrected chi connectivity index (χ3v) is 14.0. The van der Waals surface area contributed by atoms with E-state index in [2.05, 4.69) is 167 Å². The number of carbonyl (C=O) groups is 3. The highest BCUT2D eigenvalue weighted by Crippen LogP contribution is 2.15. The van der Waals surface area contributed by atoms with Gasteiger partial charge in [0.15, 0.2) is 6.10 Å². The van der Waals surface area contributed by atoms with Gasteiger partial charge >= 0.3 is 17.9 Å². The second kappa shape index (κ2) is 69.5. The van der Waals surface area contributed by atoms with Crippen molar-refractivity contribution in [3.05, 3.63) is 158 Å². The molecule has 0 saturated heterocycles. The van der Waals surface area contributed by atoms with Crippen LogP contribution in [0.15, 0.2) is 158 Å². The minimum atomic E-state index is -0.831. The fourth-order valence-corrected chi connectivity index (χ4v) is 9.02. The van der Waals surface area contributed by atoms with Crippen molar-refractivity contribution in [2.75, 3.05) is 13.2 Å². The van der Waals surface area contributed by atoms with E-state index in [-0.39, 0.29) is 31.6 Å². The normalized spacial score (nSPS) is 13.1. The number of ether oxygens (including phenoxy) is 3. The van der Waals surface area contributed by atoms with Crippen LogP contribution in [0, 0.1) is 0 Å². The zero-order chi connectivity index (χ0) is 59.9. The average Bonchev–Trinajstić information content (AvgIpc) is 3.49. The Morgan fingerprint density at radius 3 is 0.843 bits per heavy atom. The molecule has 0 aromatic rings. The van der Waals surface area contributed by atoms with Crippen molar-refractivity contribution in [1.82, 2.24) is 0 Å². The number of esters is 3. The van der Waals surface area contributed by atoms with Gasteiger partial charge in [0, 0.05) is 12.8 Å². The molecule has 0 aromatic carbocycles. The van der Waals surface area contributed by atoms with Crippen molar-refractivity contribution in [2.24, 2.45) is 0 Å². The van der Waals surface area contributed by atoms with Gasteiger partial charge in [0.1, 0.15) is 13.2 Å². The highest BCUT2D eigenvalue weighted by molar-refractivity contribution is 5.72. The van der Waals surface area contributed by atoms with Crippen LogP contribution in [0.25, 0.3) is 0 Å². The third kappa shape index (κ3) is 67.7. The van der Waals surface area contributed by atoms with Gasteiger partial charge in [0.25, 0.3) is 0 Å². The Labute approximate surface area is 511 Å². The molecule has 0 aliphatic carbocycles. The van der Waals surface area contributed by atoms with Crippen LogP contribution in [0.1, 0.15) is 290 Å². The van der Waals surface area contributed by atoms with E-state index in [1.807, 2.05) is 6.08 Å². The molecule has 0 spiro atoms. The summed E-state index contributed by atoms with van der Waals surface area (Å²) >= 11 is 0. The fraction of sp³-hybridized carbons (Fsp3) is 0.623. The predicted molar refractivity (Wildman–Crippen MR) is 362 cm³/mol. The molecule has 0 aliphatic rings. The standard InChI is InChI=1S/C77H124O6/c1-4-7-10-13-16-19-22-25-28-30-32-34-35-36-37-38-39-40-41-43-44-46-49-52-55-58-61-64-67-70-76(79)82-73-74(72-81-75(78)69-66-63-60-57-54-51-48-27-24-21-18-15-12-9-6-3)83-77(80)71-68-65-62-59-56-53-50-47-45-42-33-31-29-26-23-20-17-14-11-8-5-2/h7,9-10,12,16,18-19,21,23,25-28,31-34,36-37,39-40,48,54,57,63,66,74H,4-6,8,11,13-15,17,20,22,24,29-30,35,38,41-47,49-53,55-56,58-62,64-65,67-73H2,1-3H3/b10-7-,12-9-,19-16-,21-18-,26-23-,28-25-,33-31-,34-32-,37-36-,40-39-,48-27-,57-54-,66-63-. The molecule has 0 aromatic heterocycles. The lowest BCUT2D eigenvalue weighted by molar-refractivity contribution is -0.166. The van der Waals surface area contributed by atoms with Crippen molar-refractivity contribution in [2.45, 2.75) is 297 Å². The van der Waals surface area contributed by atoms with E-state index in [1.54, 1.807) is 6.08 Å². The SMILES string of the molecule is CC/C=C\C/C=C\C/C=C\C/C=C\C/C=C\C/C=C\CCCCCCCCCCCCC(=O)OCC(COC(=O)C/C=C\C/C=C\C/C=C\C/C=C\C/C=C\CC)OC(=O)CCCCCCCCCCC/C=C\C/C=C\CCCCCCC. The molecule has 0 saturated carbocycles. The largest absolute Gasteiger partial charge is 0.462 e. The van der Waals surface area contributed by atoms with Crippen LogP contribution in [0.5, 0.6) is 0 Å². The Hall–Kier alpha value is -4.97. The molecular formula is C77H124O6. The van der Waals surface area contributed by atoms with Gasteiger partial charge in [-0.2, -0.15) is 0 Å². The first-order valence-electron chi connectivity index (χ1n) is 34.0. The molecule has 0 amide bonds. The second-order valence-corrected chi connectivity index (χ2v) is 22.0. The zero-order valence-electron chi connectivity index (χ0n) is 53.7. The summed E-state index contributed by atoms with van der Waals surface area (Å²) in [6.45, 7) is 6.32. The molecule has 1 unspecified atom stereocenters. The third-order valence-electron chi connectivity index (χ3n) is 14.0. The van der Waals surface area contributed by atoms with E-state index in [0.717, 1.165) is 122 Å². The van der Waals surface area contributed by atoms with Crippen LogP contribution in [0.4, 0.5) is 0 Å². The fourth-order valence-electron chi connectivity index (χ4n) is 9.02. The summed E-state index contributed by atoms with van der Waals surface area (Å²) in [5, 5.41) is 0. The number of rotatable bonds is 60. The van der Waals surface area contributed by atoms with E-state index in [9.17, 15) is 14.4 Å². The van der Waals surface area contributed by atoms with Crippen molar-refractivity contribution in [1.29, 1.82) is 0 Å². The van der Waals surface area contributed by atoms with Crippen molar-refractivity contribution in [3.63, 3.8) is 0 Å². The molecule has 6 nitrogen and oxygen atoms in total. The number of allylic oxidation sites excluding steroid dienone is 25. The van der Waals surface area contributed by atoms with E-state index in [4.69, 9.17) is 14.2 Å². The van der Waals surface area contributed by atoms with E-state index in [0.29, 0.717) is 12.8 Å². The summed E-state index contributed by atoms with van der Waals surface area (Å²) in [6.07, 6.45) is 101. The minimum Gasteiger partial charge on any atom is -0.462 e. The maximum Gasteiger partial charge on any atom is 0.309 e. The highest BCUT2D eigenvalue weighted by atomic mass is 16.6. The first-order valence-corrected chi connectivity index (χ1v) is 34.0. The number of hydrogen-bond acceptors (Lipinski definition) is 6.